The number of likely N-dealkylation sites (tertiary alicyclic amines) is 1. The lowest BCUT2D eigenvalue weighted by atomic mass is 10.1. The summed E-state index contributed by atoms with van der Waals surface area (Å²) in [6, 6.07) is 0.302. The highest BCUT2D eigenvalue weighted by atomic mass is 16.2. The van der Waals surface area contributed by atoms with Gasteiger partial charge in [-0.2, -0.15) is 0 Å². The molecule has 2 heterocycles. The van der Waals surface area contributed by atoms with E-state index in [9.17, 15) is 19.2 Å². The molecule has 102 valence electrons. The Kier molecular flexibility index (Phi) is 2.76. The van der Waals surface area contributed by atoms with Crippen molar-refractivity contribution in [3.8, 4) is 0 Å². The summed E-state index contributed by atoms with van der Waals surface area (Å²) in [7, 11) is 0. The van der Waals surface area contributed by atoms with Gasteiger partial charge in [0.25, 0.3) is 0 Å². The van der Waals surface area contributed by atoms with Crippen LogP contribution in [-0.2, 0) is 19.2 Å². The summed E-state index contributed by atoms with van der Waals surface area (Å²) < 4.78 is 0. The van der Waals surface area contributed by atoms with E-state index in [-0.39, 0.29) is 31.3 Å². The minimum absolute atomic E-state index is 0.00800. The predicted octanol–water partition coefficient (Wildman–Crippen LogP) is -1.52. The van der Waals surface area contributed by atoms with Crippen LogP contribution in [-0.4, -0.2) is 59.1 Å². The first kappa shape index (κ1) is 12.1. The average molecular weight is 265 g/mol. The second-order valence-corrected chi connectivity index (χ2v) is 5.34. The fourth-order valence-corrected chi connectivity index (χ4v) is 2.69. The molecule has 3 fully saturated rings. The molecular formula is C12H15N3O4. The maximum atomic E-state index is 12.2. The zero-order chi connectivity index (χ0) is 13.6. The molecule has 0 aromatic rings. The molecule has 1 saturated carbocycles. The summed E-state index contributed by atoms with van der Waals surface area (Å²) in [5.74, 6) is -1.60. The number of carbonyl (C=O) groups is 4. The van der Waals surface area contributed by atoms with Gasteiger partial charge in [-0.1, -0.05) is 0 Å². The number of amides is 4. The molecule has 0 bridgehead atoms. The van der Waals surface area contributed by atoms with Gasteiger partial charge in [-0.3, -0.25) is 24.5 Å². The zero-order valence-electron chi connectivity index (χ0n) is 10.4. The lowest BCUT2D eigenvalue weighted by Gasteiger charge is -2.27. The Bertz CT molecular complexity index is 456. The lowest BCUT2D eigenvalue weighted by molar-refractivity contribution is -0.147. The van der Waals surface area contributed by atoms with Gasteiger partial charge < -0.3 is 9.80 Å². The topological polar surface area (TPSA) is 86.8 Å². The van der Waals surface area contributed by atoms with Crippen LogP contribution in [0.15, 0.2) is 0 Å². The van der Waals surface area contributed by atoms with Gasteiger partial charge in [0, 0.05) is 19.0 Å². The summed E-state index contributed by atoms with van der Waals surface area (Å²) in [5.41, 5.74) is 0. The normalized spacial score (nSPS) is 27.8. The number of hydrogen-bond acceptors (Lipinski definition) is 4. The quantitative estimate of drug-likeness (QED) is 0.614. The van der Waals surface area contributed by atoms with E-state index in [1.807, 2.05) is 0 Å². The molecule has 3 rings (SSSR count). The number of nitrogens with one attached hydrogen (secondary N) is 1. The molecule has 0 spiro atoms. The first-order valence-electron chi connectivity index (χ1n) is 6.45. The van der Waals surface area contributed by atoms with Crippen molar-refractivity contribution in [2.24, 2.45) is 5.92 Å². The van der Waals surface area contributed by atoms with Crippen LogP contribution in [0.3, 0.4) is 0 Å². The van der Waals surface area contributed by atoms with E-state index in [0.29, 0.717) is 12.6 Å². The molecule has 0 aromatic heterocycles. The van der Waals surface area contributed by atoms with Crippen LogP contribution >= 0.6 is 0 Å². The number of hydrogen-bond donors (Lipinski definition) is 1. The average Bonchev–Trinajstić information content (AvgIpc) is 3.10. The zero-order valence-corrected chi connectivity index (χ0v) is 10.4. The van der Waals surface area contributed by atoms with Gasteiger partial charge in [0.05, 0.1) is 5.92 Å². The molecule has 7 heteroatoms. The fourth-order valence-electron chi connectivity index (χ4n) is 2.69. The van der Waals surface area contributed by atoms with Crippen LogP contribution in [0.1, 0.15) is 19.3 Å². The number of piperazine rings is 1. The van der Waals surface area contributed by atoms with Crippen molar-refractivity contribution in [2.45, 2.75) is 25.3 Å². The van der Waals surface area contributed by atoms with Crippen LogP contribution in [0.4, 0.5) is 0 Å². The maximum Gasteiger partial charge on any atom is 0.246 e. The van der Waals surface area contributed by atoms with E-state index in [4.69, 9.17) is 0 Å². The molecule has 7 nitrogen and oxygen atoms in total. The minimum atomic E-state index is -0.465. The molecule has 1 aliphatic carbocycles. The largest absolute Gasteiger partial charge is 0.339 e. The standard InChI is InChI=1S/C12H15N3O4/c16-9-5-14(6-10(17)13-9)12(19)7-3-11(18)15(4-7)8-1-2-8/h7-8H,1-6H2,(H,13,16,17). The smallest absolute Gasteiger partial charge is 0.246 e. The molecule has 0 aromatic carbocycles. The van der Waals surface area contributed by atoms with Crippen molar-refractivity contribution in [1.29, 1.82) is 0 Å². The third-order valence-corrected chi connectivity index (χ3v) is 3.75. The highest BCUT2D eigenvalue weighted by Crippen LogP contribution is 2.33. The highest BCUT2D eigenvalue weighted by molar-refractivity contribution is 6.03. The van der Waals surface area contributed by atoms with E-state index in [1.165, 1.54) is 4.90 Å². The van der Waals surface area contributed by atoms with Gasteiger partial charge in [0.2, 0.25) is 23.6 Å². The summed E-state index contributed by atoms with van der Waals surface area (Å²) in [6.45, 7) is 0.228. The maximum absolute atomic E-state index is 12.2. The molecule has 0 radical (unpaired) electrons. The summed E-state index contributed by atoms with van der Waals surface area (Å²) >= 11 is 0. The van der Waals surface area contributed by atoms with Crippen LogP contribution in [0, 0.1) is 5.92 Å². The third-order valence-electron chi connectivity index (χ3n) is 3.75. The Morgan fingerprint density at radius 1 is 1.11 bits per heavy atom. The monoisotopic (exact) mass is 265 g/mol. The van der Waals surface area contributed by atoms with E-state index < -0.39 is 17.7 Å². The first-order chi connectivity index (χ1) is 9.04. The van der Waals surface area contributed by atoms with Crippen molar-refractivity contribution >= 4 is 23.6 Å². The highest BCUT2D eigenvalue weighted by Gasteiger charge is 2.43. The SMILES string of the molecule is O=C1CN(C(=O)C2CC(=O)N(C3CC3)C2)CC(=O)N1. The van der Waals surface area contributed by atoms with Crippen LogP contribution < -0.4 is 5.32 Å². The second kappa shape index (κ2) is 4.32. The molecule has 4 amide bonds. The molecule has 1 unspecified atom stereocenters. The Labute approximate surface area is 109 Å². The van der Waals surface area contributed by atoms with Crippen molar-refractivity contribution in [2.75, 3.05) is 19.6 Å². The van der Waals surface area contributed by atoms with Gasteiger partial charge in [0.1, 0.15) is 13.1 Å². The molecular weight excluding hydrogens is 250 g/mol. The van der Waals surface area contributed by atoms with E-state index in [2.05, 4.69) is 5.32 Å². The summed E-state index contributed by atoms with van der Waals surface area (Å²) in [4.78, 5) is 49.5. The fraction of sp³-hybridized carbons (Fsp3) is 0.667. The Hall–Kier alpha value is -1.92. The lowest BCUT2D eigenvalue weighted by Crippen LogP contribution is -2.54. The van der Waals surface area contributed by atoms with E-state index in [0.717, 1.165) is 12.8 Å². The molecule has 3 aliphatic rings. The number of nitrogens with zero attached hydrogens (tertiary/aromatic N) is 2. The van der Waals surface area contributed by atoms with Crippen LogP contribution in [0.5, 0.6) is 0 Å². The van der Waals surface area contributed by atoms with Crippen molar-refractivity contribution in [1.82, 2.24) is 15.1 Å². The number of rotatable bonds is 2. The van der Waals surface area contributed by atoms with Crippen LogP contribution in [0.2, 0.25) is 0 Å². The van der Waals surface area contributed by atoms with E-state index >= 15 is 0 Å². The number of imide groups is 1. The molecule has 1 N–H and O–H groups in total. The Morgan fingerprint density at radius 3 is 2.32 bits per heavy atom. The first-order valence-corrected chi connectivity index (χ1v) is 6.45. The summed E-state index contributed by atoms with van der Waals surface area (Å²) in [6.07, 6.45) is 2.22. The molecule has 2 saturated heterocycles. The Balaban J connectivity index is 1.65. The van der Waals surface area contributed by atoms with Gasteiger partial charge in [-0.15, -0.1) is 0 Å². The van der Waals surface area contributed by atoms with Crippen molar-refractivity contribution < 1.29 is 19.2 Å². The van der Waals surface area contributed by atoms with Crippen molar-refractivity contribution in [3.05, 3.63) is 0 Å². The predicted molar refractivity (Wildman–Crippen MR) is 62.6 cm³/mol. The van der Waals surface area contributed by atoms with Gasteiger partial charge in [0.15, 0.2) is 0 Å². The van der Waals surface area contributed by atoms with E-state index in [1.54, 1.807) is 4.90 Å². The van der Waals surface area contributed by atoms with Crippen molar-refractivity contribution in [3.63, 3.8) is 0 Å². The third kappa shape index (κ3) is 2.32. The van der Waals surface area contributed by atoms with Gasteiger partial charge >= 0.3 is 0 Å². The molecule has 19 heavy (non-hydrogen) atoms. The molecule has 1 atom stereocenters. The summed E-state index contributed by atoms with van der Waals surface area (Å²) in [5, 5.41) is 2.15. The Morgan fingerprint density at radius 2 is 1.74 bits per heavy atom. The van der Waals surface area contributed by atoms with Gasteiger partial charge in [-0.25, -0.2) is 0 Å². The number of carbonyl (C=O) groups excluding carboxylic acids is 4. The minimum Gasteiger partial charge on any atom is -0.339 e. The van der Waals surface area contributed by atoms with Gasteiger partial charge in [-0.05, 0) is 12.8 Å². The van der Waals surface area contributed by atoms with Crippen LogP contribution in [0.25, 0.3) is 0 Å². The second-order valence-electron chi connectivity index (χ2n) is 5.34. The molecule has 2 aliphatic heterocycles.